The lowest BCUT2D eigenvalue weighted by Crippen LogP contribution is -2.44. The van der Waals surface area contributed by atoms with E-state index in [1.165, 1.54) is 18.4 Å². The van der Waals surface area contributed by atoms with Crippen molar-refractivity contribution in [3.8, 4) is 11.4 Å². The molecule has 2 saturated heterocycles. The van der Waals surface area contributed by atoms with Gasteiger partial charge in [-0.05, 0) is 62.1 Å². The summed E-state index contributed by atoms with van der Waals surface area (Å²) in [6.45, 7) is 0. The SMILES string of the molecule is CN1[C@H]2CC[C@@H]1[C@H](c1nc(-c3cccnc3)no1)[C@@H](c1ccc(Cl)cc1)C2. The third-order valence-electron chi connectivity index (χ3n) is 6.21. The van der Waals surface area contributed by atoms with Crippen molar-refractivity contribution in [3.05, 3.63) is 65.3 Å². The molecule has 2 aliphatic rings. The first kappa shape index (κ1) is 16.9. The molecular formula is C21H21ClN4O. The Kier molecular flexibility index (Phi) is 4.21. The average molecular weight is 381 g/mol. The fraction of sp³-hybridized carbons (Fsp3) is 0.381. The molecule has 0 N–H and O–H groups in total. The van der Waals surface area contributed by atoms with Crippen LogP contribution < -0.4 is 0 Å². The monoisotopic (exact) mass is 380 g/mol. The van der Waals surface area contributed by atoms with E-state index in [1.54, 1.807) is 12.4 Å². The number of pyridine rings is 1. The molecular weight excluding hydrogens is 360 g/mol. The summed E-state index contributed by atoms with van der Waals surface area (Å²) in [5.74, 6) is 1.88. The van der Waals surface area contributed by atoms with Crippen LogP contribution in [0.25, 0.3) is 11.4 Å². The lowest BCUT2D eigenvalue weighted by molar-refractivity contribution is 0.120. The summed E-state index contributed by atoms with van der Waals surface area (Å²) in [5.41, 5.74) is 2.18. The highest BCUT2D eigenvalue weighted by atomic mass is 35.5. The third kappa shape index (κ3) is 2.95. The fourth-order valence-electron chi connectivity index (χ4n) is 4.84. The minimum absolute atomic E-state index is 0.188. The van der Waals surface area contributed by atoms with Gasteiger partial charge < -0.3 is 4.52 Å². The molecule has 1 aromatic carbocycles. The van der Waals surface area contributed by atoms with E-state index in [0.29, 0.717) is 23.8 Å². The van der Waals surface area contributed by atoms with Gasteiger partial charge in [-0.25, -0.2) is 0 Å². The molecule has 27 heavy (non-hydrogen) atoms. The van der Waals surface area contributed by atoms with Gasteiger partial charge in [0.15, 0.2) is 0 Å². The van der Waals surface area contributed by atoms with Gasteiger partial charge >= 0.3 is 0 Å². The van der Waals surface area contributed by atoms with E-state index in [2.05, 4.69) is 34.2 Å². The maximum absolute atomic E-state index is 6.11. The van der Waals surface area contributed by atoms with Gasteiger partial charge in [0.25, 0.3) is 0 Å². The van der Waals surface area contributed by atoms with Crippen LogP contribution in [0.2, 0.25) is 5.02 Å². The quantitative estimate of drug-likeness (QED) is 0.668. The zero-order valence-electron chi connectivity index (χ0n) is 15.1. The summed E-state index contributed by atoms with van der Waals surface area (Å²) in [5, 5.41) is 5.01. The van der Waals surface area contributed by atoms with Gasteiger partial charge in [-0.2, -0.15) is 4.98 Å². The largest absolute Gasteiger partial charge is 0.339 e. The first-order valence-corrected chi connectivity index (χ1v) is 9.80. The molecule has 6 heteroatoms. The predicted octanol–water partition coefficient (Wildman–Crippen LogP) is 4.52. The molecule has 2 fully saturated rings. The van der Waals surface area contributed by atoms with Gasteiger partial charge in [-0.3, -0.25) is 9.88 Å². The highest BCUT2D eigenvalue weighted by Crippen LogP contribution is 2.50. The molecule has 4 heterocycles. The van der Waals surface area contributed by atoms with E-state index in [1.807, 2.05) is 24.3 Å². The van der Waals surface area contributed by atoms with Crippen molar-refractivity contribution in [2.24, 2.45) is 0 Å². The highest BCUT2D eigenvalue weighted by molar-refractivity contribution is 6.30. The number of hydrogen-bond donors (Lipinski definition) is 0. The Morgan fingerprint density at radius 3 is 2.78 bits per heavy atom. The maximum Gasteiger partial charge on any atom is 0.232 e. The molecule has 0 aliphatic carbocycles. The molecule has 3 aromatic rings. The van der Waals surface area contributed by atoms with E-state index < -0.39 is 0 Å². The van der Waals surface area contributed by atoms with Crippen molar-refractivity contribution < 1.29 is 4.52 Å². The van der Waals surface area contributed by atoms with Gasteiger partial charge in [0.1, 0.15) is 0 Å². The smallest absolute Gasteiger partial charge is 0.232 e. The summed E-state index contributed by atoms with van der Waals surface area (Å²) < 4.78 is 5.79. The predicted molar refractivity (Wildman–Crippen MR) is 104 cm³/mol. The van der Waals surface area contributed by atoms with Crippen LogP contribution in [0.15, 0.2) is 53.3 Å². The van der Waals surface area contributed by atoms with Gasteiger partial charge in [0.2, 0.25) is 11.7 Å². The van der Waals surface area contributed by atoms with Crippen LogP contribution >= 0.6 is 11.6 Å². The number of likely N-dealkylation sites (N-methyl/N-ethyl adjacent to an activating group) is 1. The van der Waals surface area contributed by atoms with E-state index in [4.69, 9.17) is 21.1 Å². The lowest BCUT2D eigenvalue weighted by atomic mass is 9.76. The van der Waals surface area contributed by atoms with Crippen molar-refractivity contribution in [2.45, 2.75) is 43.2 Å². The van der Waals surface area contributed by atoms with Crippen molar-refractivity contribution in [2.75, 3.05) is 7.05 Å². The van der Waals surface area contributed by atoms with Crippen LogP contribution in [0.5, 0.6) is 0 Å². The number of benzene rings is 1. The number of nitrogens with zero attached hydrogens (tertiary/aromatic N) is 4. The van der Waals surface area contributed by atoms with Gasteiger partial charge in [0, 0.05) is 35.1 Å². The minimum Gasteiger partial charge on any atom is -0.339 e. The van der Waals surface area contributed by atoms with Crippen molar-refractivity contribution >= 4 is 11.6 Å². The first-order valence-electron chi connectivity index (χ1n) is 9.42. The zero-order valence-corrected chi connectivity index (χ0v) is 15.9. The molecule has 5 rings (SSSR count). The molecule has 4 atom stereocenters. The van der Waals surface area contributed by atoms with Crippen molar-refractivity contribution in [1.29, 1.82) is 0 Å². The van der Waals surface area contributed by atoms with Crippen LogP contribution in [0, 0.1) is 0 Å². The Morgan fingerprint density at radius 2 is 2.00 bits per heavy atom. The second-order valence-electron chi connectivity index (χ2n) is 7.58. The minimum atomic E-state index is 0.188. The van der Waals surface area contributed by atoms with E-state index in [-0.39, 0.29) is 5.92 Å². The normalized spacial score (nSPS) is 27.8. The van der Waals surface area contributed by atoms with Gasteiger partial charge in [0.05, 0.1) is 5.92 Å². The summed E-state index contributed by atoms with van der Waals surface area (Å²) in [7, 11) is 2.23. The standard InChI is InChI=1S/C21H21ClN4O/c1-26-16-8-9-18(26)19(17(11-16)13-4-6-15(22)7-5-13)21-24-20(25-27-21)14-3-2-10-23-12-14/h2-7,10,12,16-19H,8-9,11H2,1H3/t16-,17+,18+,19+/m0/s1. The molecule has 0 unspecified atom stereocenters. The lowest BCUT2D eigenvalue weighted by Gasteiger charge is -2.41. The van der Waals surface area contributed by atoms with E-state index >= 15 is 0 Å². The van der Waals surface area contributed by atoms with Crippen LogP contribution in [-0.4, -0.2) is 39.2 Å². The second-order valence-corrected chi connectivity index (χ2v) is 8.02. The molecule has 138 valence electrons. The van der Waals surface area contributed by atoms with Crippen LogP contribution in [-0.2, 0) is 0 Å². The van der Waals surface area contributed by atoms with Crippen LogP contribution in [0.3, 0.4) is 0 Å². The maximum atomic E-state index is 6.11. The first-order chi connectivity index (χ1) is 13.2. The fourth-order valence-corrected chi connectivity index (χ4v) is 4.97. The van der Waals surface area contributed by atoms with Gasteiger partial charge in [-0.1, -0.05) is 28.9 Å². The number of halogens is 1. The Hall–Kier alpha value is -2.24. The second kappa shape index (κ2) is 6.73. The molecule has 2 bridgehead atoms. The molecule has 0 saturated carbocycles. The summed E-state index contributed by atoms with van der Waals surface area (Å²) in [6.07, 6.45) is 7.01. The molecule has 0 spiro atoms. The molecule has 0 amide bonds. The van der Waals surface area contributed by atoms with Gasteiger partial charge in [-0.15, -0.1) is 0 Å². The summed E-state index contributed by atoms with van der Waals surface area (Å²) in [6, 6.07) is 13.1. The number of aromatic nitrogens is 3. The Bertz CT molecular complexity index is 927. The molecule has 5 nitrogen and oxygen atoms in total. The third-order valence-corrected chi connectivity index (χ3v) is 6.47. The summed E-state index contributed by atoms with van der Waals surface area (Å²) >= 11 is 6.11. The molecule has 0 radical (unpaired) electrons. The number of hydrogen-bond acceptors (Lipinski definition) is 5. The van der Waals surface area contributed by atoms with E-state index in [0.717, 1.165) is 22.9 Å². The molecule has 2 aliphatic heterocycles. The Labute approximate surface area is 163 Å². The van der Waals surface area contributed by atoms with Crippen LogP contribution in [0.1, 0.15) is 42.6 Å². The molecule has 2 aromatic heterocycles. The average Bonchev–Trinajstić information content (AvgIpc) is 3.26. The summed E-state index contributed by atoms with van der Waals surface area (Å²) in [4.78, 5) is 11.4. The Morgan fingerprint density at radius 1 is 1.15 bits per heavy atom. The van der Waals surface area contributed by atoms with Crippen molar-refractivity contribution in [1.82, 2.24) is 20.0 Å². The topological polar surface area (TPSA) is 55.1 Å². The van der Waals surface area contributed by atoms with Crippen molar-refractivity contribution in [3.63, 3.8) is 0 Å². The number of rotatable bonds is 3. The number of fused-ring (bicyclic) bond motifs is 2. The Balaban J connectivity index is 1.54. The van der Waals surface area contributed by atoms with Crippen LogP contribution in [0.4, 0.5) is 0 Å². The highest BCUT2D eigenvalue weighted by Gasteiger charge is 2.48. The number of piperidine rings is 1. The van der Waals surface area contributed by atoms with E-state index in [9.17, 15) is 0 Å². The zero-order chi connectivity index (χ0) is 18.4.